The van der Waals surface area contributed by atoms with Crippen molar-refractivity contribution in [3.63, 3.8) is 0 Å². The van der Waals surface area contributed by atoms with Crippen LogP contribution in [0.1, 0.15) is 47.5 Å². The highest BCUT2D eigenvalue weighted by Gasteiger charge is 2.29. The van der Waals surface area contributed by atoms with E-state index in [0.717, 1.165) is 29.6 Å². The Bertz CT molecular complexity index is 123. The van der Waals surface area contributed by atoms with E-state index in [2.05, 4.69) is 34.6 Å². The summed E-state index contributed by atoms with van der Waals surface area (Å²) >= 11 is 0. The smallest absolute Gasteiger partial charge is 0.0389 e. The zero-order valence-electron chi connectivity index (χ0n) is 9.30. The molecule has 0 heterocycles. The highest BCUT2D eigenvalue weighted by atomic mass is 14.3. The van der Waals surface area contributed by atoms with E-state index in [1.54, 1.807) is 0 Å². The van der Waals surface area contributed by atoms with Gasteiger partial charge >= 0.3 is 0 Å². The second kappa shape index (κ2) is 3.81. The predicted molar refractivity (Wildman–Crippen MR) is 55.1 cm³/mol. The molecule has 0 nitrogen and oxygen atoms in total. The molecule has 1 aliphatic carbocycles. The third kappa shape index (κ3) is 2.02. The SMILES string of the molecule is CC1CC(C)C(C)C(C)C(C)C1. The van der Waals surface area contributed by atoms with Gasteiger partial charge in [0.05, 0.1) is 0 Å². The summed E-state index contributed by atoms with van der Waals surface area (Å²) in [5, 5.41) is 0. The van der Waals surface area contributed by atoms with E-state index in [4.69, 9.17) is 0 Å². The second-order valence-corrected chi connectivity index (χ2v) is 5.25. The molecule has 0 spiro atoms. The molecule has 72 valence electrons. The first-order valence-corrected chi connectivity index (χ1v) is 5.52. The van der Waals surface area contributed by atoms with Crippen LogP contribution in [0, 0.1) is 29.6 Å². The molecule has 1 rings (SSSR count). The Morgan fingerprint density at radius 3 is 1.33 bits per heavy atom. The van der Waals surface area contributed by atoms with Crippen LogP contribution in [-0.4, -0.2) is 0 Å². The van der Waals surface area contributed by atoms with E-state index < -0.39 is 0 Å². The Balaban J connectivity index is 2.66. The molecule has 0 N–H and O–H groups in total. The minimum absolute atomic E-state index is 0.921. The molecule has 0 bridgehead atoms. The molecular weight excluding hydrogens is 144 g/mol. The molecule has 1 fully saturated rings. The Morgan fingerprint density at radius 1 is 0.667 bits per heavy atom. The average Bonchev–Trinajstić information content (AvgIpc) is 2.05. The zero-order valence-corrected chi connectivity index (χ0v) is 9.30. The van der Waals surface area contributed by atoms with Gasteiger partial charge in [-0.25, -0.2) is 0 Å². The summed E-state index contributed by atoms with van der Waals surface area (Å²) in [6.45, 7) is 12.1. The van der Waals surface area contributed by atoms with E-state index in [9.17, 15) is 0 Å². The molecule has 12 heavy (non-hydrogen) atoms. The molecule has 1 saturated carbocycles. The third-order valence-corrected chi connectivity index (χ3v) is 4.17. The summed E-state index contributed by atoms with van der Waals surface area (Å²) in [4.78, 5) is 0. The maximum atomic E-state index is 2.43. The first-order chi connectivity index (χ1) is 5.52. The largest absolute Gasteiger partial charge is 0.0625 e. The maximum absolute atomic E-state index is 2.43. The van der Waals surface area contributed by atoms with Gasteiger partial charge in [-0.15, -0.1) is 0 Å². The first-order valence-electron chi connectivity index (χ1n) is 5.52. The van der Waals surface area contributed by atoms with Crippen LogP contribution in [0.3, 0.4) is 0 Å². The van der Waals surface area contributed by atoms with Crippen LogP contribution >= 0.6 is 0 Å². The third-order valence-electron chi connectivity index (χ3n) is 4.17. The van der Waals surface area contributed by atoms with Crippen LogP contribution in [0.2, 0.25) is 0 Å². The molecule has 0 radical (unpaired) electrons. The summed E-state index contributed by atoms with van der Waals surface area (Å²) in [5.41, 5.74) is 0. The van der Waals surface area contributed by atoms with E-state index in [1.807, 2.05) is 0 Å². The Morgan fingerprint density at radius 2 is 1.00 bits per heavy atom. The van der Waals surface area contributed by atoms with E-state index in [0.29, 0.717) is 0 Å². The summed E-state index contributed by atoms with van der Waals surface area (Å²) < 4.78 is 0. The fraction of sp³-hybridized carbons (Fsp3) is 1.00. The Labute approximate surface area is 77.7 Å². The predicted octanol–water partition coefficient (Wildman–Crippen LogP) is 3.96. The fourth-order valence-corrected chi connectivity index (χ4v) is 2.83. The van der Waals surface area contributed by atoms with Crippen molar-refractivity contribution in [2.75, 3.05) is 0 Å². The van der Waals surface area contributed by atoms with Crippen molar-refractivity contribution in [1.82, 2.24) is 0 Å². The zero-order chi connectivity index (χ0) is 9.30. The highest BCUT2D eigenvalue weighted by molar-refractivity contribution is 4.79. The van der Waals surface area contributed by atoms with Gasteiger partial charge in [-0.2, -0.15) is 0 Å². The molecule has 4 unspecified atom stereocenters. The van der Waals surface area contributed by atoms with Gasteiger partial charge < -0.3 is 0 Å². The highest BCUT2D eigenvalue weighted by Crippen LogP contribution is 2.38. The first kappa shape index (κ1) is 10.1. The lowest BCUT2D eigenvalue weighted by Gasteiger charge is -2.26. The van der Waals surface area contributed by atoms with Gasteiger partial charge in [-0.05, 0) is 42.4 Å². The topological polar surface area (TPSA) is 0 Å². The lowest BCUT2D eigenvalue weighted by molar-refractivity contribution is 0.235. The van der Waals surface area contributed by atoms with Gasteiger partial charge in [0.15, 0.2) is 0 Å². The summed E-state index contributed by atoms with van der Waals surface area (Å²) in [7, 11) is 0. The Hall–Kier alpha value is 0. The van der Waals surface area contributed by atoms with Crippen molar-refractivity contribution in [2.45, 2.75) is 47.5 Å². The van der Waals surface area contributed by atoms with Gasteiger partial charge in [0, 0.05) is 0 Å². The van der Waals surface area contributed by atoms with Crippen LogP contribution in [-0.2, 0) is 0 Å². The van der Waals surface area contributed by atoms with Gasteiger partial charge in [0.1, 0.15) is 0 Å². The molecular formula is C12H24. The molecule has 4 atom stereocenters. The normalized spacial score (nSPS) is 50.2. The lowest BCUT2D eigenvalue weighted by Crippen LogP contribution is -2.18. The fourth-order valence-electron chi connectivity index (χ4n) is 2.83. The van der Waals surface area contributed by atoms with Gasteiger partial charge in [0.2, 0.25) is 0 Å². The lowest BCUT2D eigenvalue weighted by atomic mass is 9.80. The molecule has 0 aromatic carbocycles. The molecule has 0 aromatic rings. The second-order valence-electron chi connectivity index (χ2n) is 5.25. The van der Waals surface area contributed by atoms with Crippen LogP contribution in [0.25, 0.3) is 0 Å². The van der Waals surface area contributed by atoms with Crippen molar-refractivity contribution in [1.29, 1.82) is 0 Å². The number of hydrogen-bond donors (Lipinski definition) is 0. The minimum atomic E-state index is 0.921. The molecule has 0 amide bonds. The minimum Gasteiger partial charge on any atom is -0.0625 e. The summed E-state index contributed by atoms with van der Waals surface area (Å²) in [5.74, 6) is 4.65. The number of hydrogen-bond acceptors (Lipinski definition) is 0. The van der Waals surface area contributed by atoms with Crippen LogP contribution in [0.5, 0.6) is 0 Å². The van der Waals surface area contributed by atoms with Gasteiger partial charge in [0.25, 0.3) is 0 Å². The average molecular weight is 168 g/mol. The van der Waals surface area contributed by atoms with Gasteiger partial charge in [-0.3, -0.25) is 0 Å². The van der Waals surface area contributed by atoms with Crippen molar-refractivity contribution >= 4 is 0 Å². The van der Waals surface area contributed by atoms with E-state index >= 15 is 0 Å². The summed E-state index contributed by atoms with van der Waals surface area (Å²) in [6, 6.07) is 0. The molecule has 0 heteroatoms. The summed E-state index contributed by atoms with van der Waals surface area (Å²) in [6.07, 6.45) is 2.88. The van der Waals surface area contributed by atoms with Crippen molar-refractivity contribution in [3.05, 3.63) is 0 Å². The van der Waals surface area contributed by atoms with Crippen molar-refractivity contribution < 1.29 is 0 Å². The molecule has 0 saturated heterocycles. The van der Waals surface area contributed by atoms with Crippen LogP contribution in [0.4, 0.5) is 0 Å². The maximum Gasteiger partial charge on any atom is -0.0389 e. The molecule has 1 aliphatic rings. The Kier molecular flexibility index (Phi) is 3.20. The standard InChI is InChI=1S/C12H24/c1-8-6-9(2)11(4)12(5)10(3)7-8/h8-12H,6-7H2,1-5H3. The van der Waals surface area contributed by atoms with Crippen molar-refractivity contribution in [2.24, 2.45) is 29.6 Å². The van der Waals surface area contributed by atoms with E-state index in [-0.39, 0.29) is 0 Å². The van der Waals surface area contributed by atoms with E-state index in [1.165, 1.54) is 12.8 Å². The van der Waals surface area contributed by atoms with Crippen LogP contribution in [0.15, 0.2) is 0 Å². The molecule has 0 aromatic heterocycles. The quantitative estimate of drug-likeness (QED) is 0.480. The molecule has 0 aliphatic heterocycles. The van der Waals surface area contributed by atoms with Crippen LogP contribution < -0.4 is 0 Å². The van der Waals surface area contributed by atoms with Gasteiger partial charge in [-0.1, -0.05) is 34.6 Å². The monoisotopic (exact) mass is 168 g/mol. The number of rotatable bonds is 0. The van der Waals surface area contributed by atoms with Crippen molar-refractivity contribution in [3.8, 4) is 0 Å².